The molecule has 2 rings (SSSR count). The highest BCUT2D eigenvalue weighted by molar-refractivity contribution is 5.96. The summed E-state index contributed by atoms with van der Waals surface area (Å²) in [5, 5.41) is 0.804. The molecule has 0 radical (unpaired) electrons. The lowest BCUT2D eigenvalue weighted by atomic mass is 10.2. The van der Waals surface area contributed by atoms with E-state index in [0.717, 1.165) is 10.9 Å². The summed E-state index contributed by atoms with van der Waals surface area (Å²) < 4.78 is 5.15. The molecule has 0 fully saturated rings. The number of ether oxygens (including phenoxy) is 1. The molecule has 16 heavy (non-hydrogen) atoms. The molecule has 4 nitrogen and oxygen atoms in total. The molecular weight excluding hydrogens is 204 g/mol. The van der Waals surface area contributed by atoms with Crippen molar-refractivity contribution in [2.45, 2.75) is 6.92 Å². The van der Waals surface area contributed by atoms with E-state index in [9.17, 15) is 4.79 Å². The second-order valence-corrected chi connectivity index (χ2v) is 3.34. The van der Waals surface area contributed by atoms with Crippen molar-refractivity contribution in [3.63, 3.8) is 0 Å². The van der Waals surface area contributed by atoms with E-state index in [0.29, 0.717) is 11.4 Å². The zero-order chi connectivity index (χ0) is 11.5. The summed E-state index contributed by atoms with van der Waals surface area (Å²) in [6.07, 6.45) is 4.62. The molecule has 0 saturated heterocycles. The van der Waals surface area contributed by atoms with Gasteiger partial charge in [-0.1, -0.05) is 12.1 Å². The highest BCUT2D eigenvalue weighted by Gasteiger charge is 2.08. The highest BCUT2D eigenvalue weighted by atomic mass is 16.5. The van der Waals surface area contributed by atoms with Gasteiger partial charge in [0.25, 0.3) is 0 Å². The second-order valence-electron chi connectivity index (χ2n) is 3.34. The molecule has 0 saturated carbocycles. The number of aromatic amines is 1. The van der Waals surface area contributed by atoms with Gasteiger partial charge in [0.15, 0.2) is 5.75 Å². The minimum atomic E-state index is -0.397. The van der Waals surface area contributed by atoms with Crippen molar-refractivity contribution in [3.05, 3.63) is 36.5 Å². The molecule has 0 aliphatic rings. The fraction of sp³-hybridized carbons (Fsp3) is 0.0833. The Balaban J connectivity index is 2.39. The number of fused-ring (bicyclic) bond motifs is 1. The zero-order valence-electron chi connectivity index (χ0n) is 8.86. The van der Waals surface area contributed by atoms with Crippen LogP contribution in [0.15, 0.2) is 36.5 Å². The average molecular weight is 216 g/mol. The van der Waals surface area contributed by atoms with Crippen molar-refractivity contribution in [2.24, 2.45) is 0 Å². The molecule has 0 amide bonds. The van der Waals surface area contributed by atoms with Gasteiger partial charge in [0.05, 0.1) is 11.2 Å². The Morgan fingerprint density at radius 3 is 3.06 bits per heavy atom. The first-order valence-corrected chi connectivity index (χ1v) is 4.92. The number of benzene rings is 1. The van der Waals surface area contributed by atoms with Gasteiger partial charge < -0.3 is 15.5 Å². The third-order valence-electron chi connectivity index (χ3n) is 2.22. The van der Waals surface area contributed by atoms with Crippen LogP contribution in [0.1, 0.15) is 6.92 Å². The molecule has 0 aliphatic heterocycles. The molecule has 0 unspecified atom stereocenters. The Morgan fingerprint density at radius 2 is 2.31 bits per heavy atom. The molecule has 1 aromatic heterocycles. The van der Waals surface area contributed by atoms with Crippen LogP contribution in [0, 0.1) is 0 Å². The van der Waals surface area contributed by atoms with Crippen LogP contribution in [0.4, 0.5) is 5.69 Å². The fourth-order valence-corrected chi connectivity index (χ4v) is 1.51. The maximum atomic E-state index is 11.3. The summed E-state index contributed by atoms with van der Waals surface area (Å²) in [6.45, 7) is 1.76. The molecule has 0 spiro atoms. The second kappa shape index (κ2) is 4.10. The molecule has 0 atom stereocenters. The van der Waals surface area contributed by atoms with Crippen LogP contribution in [0.2, 0.25) is 0 Å². The fourth-order valence-electron chi connectivity index (χ4n) is 1.51. The predicted molar refractivity (Wildman–Crippen MR) is 63.2 cm³/mol. The maximum Gasteiger partial charge on any atom is 0.335 e. The Labute approximate surface area is 92.7 Å². The third-order valence-corrected chi connectivity index (χ3v) is 2.22. The van der Waals surface area contributed by atoms with Crippen LogP contribution in [-0.2, 0) is 4.79 Å². The van der Waals surface area contributed by atoms with Crippen molar-refractivity contribution >= 4 is 22.6 Å². The monoisotopic (exact) mass is 216 g/mol. The number of H-pyrrole nitrogens is 1. The number of aromatic nitrogens is 1. The lowest BCUT2D eigenvalue weighted by molar-refractivity contribution is -0.128. The Hall–Kier alpha value is -2.23. The number of carbonyl (C=O) groups is 1. The molecular formula is C12H12N2O2. The summed E-state index contributed by atoms with van der Waals surface area (Å²) in [5.41, 5.74) is 7.19. The first-order valence-electron chi connectivity index (χ1n) is 4.92. The topological polar surface area (TPSA) is 68.1 Å². The first kappa shape index (κ1) is 10.3. The summed E-state index contributed by atoms with van der Waals surface area (Å²) in [4.78, 5) is 14.3. The molecule has 2 aromatic rings. The largest absolute Gasteiger partial charge is 0.421 e. The number of nitrogens with one attached hydrogen (secondary N) is 1. The van der Waals surface area contributed by atoms with Crippen LogP contribution < -0.4 is 10.5 Å². The van der Waals surface area contributed by atoms with Crippen LogP contribution in [0.25, 0.3) is 10.9 Å². The summed E-state index contributed by atoms with van der Waals surface area (Å²) in [7, 11) is 0. The molecule has 4 heteroatoms. The van der Waals surface area contributed by atoms with Gasteiger partial charge >= 0.3 is 5.97 Å². The van der Waals surface area contributed by atoms with Crippen molar-refractivity contribution in [1.29, 1.82) is 0 Å². The first-order chi connectivity index (χ1) is 7.72. The molecule has 0 aliphatic carbocycles. The van der Waals surface area contributed by atoms with E-state index in [1.165, 1.54) is 6.08 Å². The number of hydrogen-bond donors (Lipinski definition) is 2. The van der Waals surface area contributed by atoms with Gasteiger partial charge in [-0.15, -0.1) is 0 Å². The van der Waals surface area contributed by atoms with E-state index >= 15 is 0 Å². The molecule has 3 N–H and O–H groups in total. The molecule has 1 heterocycles. The van der Waals surface area contributed by atoms with Crippen molar-refractivity contribution in [2.75, 3.05) is 5.73 Å². The van der Waals surface area contributed by atoms with Gasteiger partial charge in [-0.25, -0.2) is 4.79 Å². The van der Waals surface area contributed by atoms with Crippen LogP contribution in [0.5, 0.6) is 5.75 Å². The number of nitrogen functional groups attached to an aromatic ring is 1. The van der Waals surface area contributed by atoms with Gasteiger partial charge in [0.1, 0.15) is 0 Å². The number of rotatable bonds is 2. The quantitative estimate of drug-likeness (QED) is 0.459. The van der Waals surface area contributed by atoms with Crippen LogP contribution in [-0.4, -0.2) is 11.0 Å². The highest BCUT2D eigenvalue weighted by Crippen LogP contribution is 2.28. The summed E-state index contributed by atoms with van der Waals surface area (Å²) in [5.74, 6) is 0.0937. The third kappa shape index (κ3) is 1.77. The van der Waals surface area contributed by atoms with Gasteiger partial charge in [0, 0.05) is 17.7 Å². The Morgan fingerprint density at radius 1 is 1.50 bits per heavy atom. The smallest absolute Gasteiger partial charge is 0.335 e. The number of esters is 1. The molecule has 82 valence electrons. The minimum Gasteiger partial charge on any atom is -0.421 e. The van der Waals surface area contributed by atoms with E-state index in [1.54, 1.807) is 25.3 Å². The van der Waals surface area contributed by atoms with Gasteiger partial charge in [-0.05, 0) is 19.1 Å². The average Bonchev–Trinajstić information content (AvgIpc) is 2.64. The normalized spacial score (nSPS) is 11.1. The van der Waals surface area contributed by atoms with Crippen LogP contribution in [0.3, 0.4) is 0 Å². The van der Waals surface area contributed by atoms with Crippen molar-refractivity contribution in [3.8, 4) is 5.75 Å². The van der Waals surface area contributed by atoms with Gasteiger partial charge in [-0.3, -0.25) is 0 Å². The van der Waals surface area contributed by atoms with E-state index in [4.69, 9.17) is 10.5 Å². The van der Waals surface area contributed by atoms with E-state index < -0.39 is 5.97 Å². The lowest BCUT2D eigenvalue weighted by Gasteiger charge is -1.99. The molecule has 1 aromatic carbocycles. The predicted octanol–water partition coefficient (Wildman–Crippen LogP) is 2.23. The molecule has 0 bridgehead atoms. The zero-order valence-corrected chi connectivity index (χ0v) is 8.86. The summed E-state index contributed by atoms with van der Waals surface area (Å²) in [6, 6.07) is 5.45. The summed E-state index contributed by atoms with van der Waals surface area (Å²) >= 11 is 0. The van der Waals surface area contributed by atoms with E-state index in [-0.39, 0.29) is 0 Å². The number of allylic oxidation sites excluding steroid dienone is 1. The Bertz CT molecular complexity index is 555. The van der Waals surface area contributed by atoms with Gasteiger partial charge in [0.2, 0.25) is 0 Å². The number of nitrogens with two attached hydrogens (primary N) is 1. The van der Waals surface area contributed by atoms with E-state index in [2.05, 4.69) is 4.98 Å². The Kier molecular flexibility index (Phi) is 2.64. The van der Waals surface area contributed by atoms with Gasteiger partial charge in [-0.2, -0.15) is 0 Å². The maximum absolute atomic E-state index is 11.3. The number of anilines is 1. The minimum absolute atomic E-state index is 0.397. The van der Waals surface area contributed by atoms with E-state index in [1.807, 2.05) is 12.1 Å². The number of carbonyl (C=O) groups excluding carboxylic acids is 1. The number of hydrogen-bond acceptors (Lipinski definition) is 3. The lowest BCUT2D eigenvalue weighted by Crippen LogP contribution is -2.02. The SMILES string of the molecule is CC=CC(=O)Oc1c[nH]c2c(N)cccc12. The number of para-hydroxylation sites is 1. The standard InChI is InChI=1S/C12H12N2O2/c1-2-4-11(15)16-10-7-14-12-8(10)5-3-6-9(12)13/h2-7,14H,13H2,1H3. The van der Waals surface area contributed by atoms with Crippen molar-refractivity contribution < 1.29 is 9.53 Å². The van der Waals surface area contributed by atoms with Crippen LogP contribution >= 0.6 is 0 Å². The van der Waals surface area contributed by atoms with Crippen molar-refractivity contribution in [1.82, 2.24) is 4.98 Å².